The van der Waals surface area contributed by atoms with Gasteiger partial charge < -0.3 is 0 Å². The van der Waals surface area contributed by atoms with Gasteiger partial charge in [-0.3, -0.25) is 9.80 Å². The molecule has 140 valence electrons. The summed E-state index contributed by atoms with van der Waals surface area (Å²) in [6.45, 7) is 1.87. The summed E-state index contributed by atoms with van der Waals surface area (Å²) in [7, 11) is -3.40. The molecule has 1 atom stereocenters. The molecule has 0 N–H and O–H groups in total. The minimum Gasteiger partial charge on any atom is -0.273 e. The minimum absolute atomic E-state index is 0.0525. The van der Waals surface area contributed by atoms with Gasteiger partial charge in [0.1, 0.15) is 0 Å². The van der Waals surface area contributed by atoms with E-state index in [-0.39, 0.29) is 34.5 Å². The normalized spacial score (nSPS) is 19.9. The topological polar surface area (TPSA) is 91.8 Å². The molecule has 1 amide bonds. The second kappa shape index (κ2) is 7.43. The Kier molecular flexibility index (Phi) is 5.90. The molecule has 1 aromatic carbocycles. The van der Waals surface area contributed by atoms with Gasteiger partial charge in [0, 0.05) is 20.5 Å². The van der Waals surface area contributed by atoms with Crippen molar-refractivity contribution in [2.75, 3.05) is 31.4 Å². The molecule has 0 unspecified atom stereocenters. The summed E-state index contributed by atoms with van der Waals surface area (Å²) >= 11 is 0. The summed E-state index contributed by atoms with van der Waals surface area (Å²) in [6, 6.07) is 6.05. The Hall–Kier alpha value is -1.45. The van der Waals surface area contributed by atoms with Crippen LogP contribution in [-0.4, -0.2) is 70.2 Å². The number of carbonyl (C=O) groups is 1. The van der Waals surface area contributed by atoms with Crippen molar-refractivity contribution in [2.24, 2.45) is 0 Å². The maximum absolute atomic E-state index is 12.5. The maximum Gasteiger partial charge on any atom is 0.238 e. The lowest BCUT2D eigenvalue weighted by Crippen LogP contribution is -2.49. The molecule has 25 heavy (non-hydrogen) atoms. The average Bonchev–Trinajstić information content (AvgIpc) is 2.85. The number of nitrogens with zero attached hydrogens (tertiary/aromatic N) is 2. The Labute approximate surface area is 149 Å². The number of amides is 1. The second-order valence-electron chi connectivity index (χ2n) is 6.52. The molecular weight excluding hydrogens is 364 g/mol. The highest BCUT2D eigenvalue weighted by Gasteiger charge is 2.36. The van der Waals surface area contributed by atoms with E-state index in [1.54, 1.807) is 26.2 Å². The molecule has 0 bridgehead atoms. The predicted molar refractivity (Wildman–Crippen MR) is 95.4 cm³/mol. The van der Waals surface area contributed by atoms with Crippen LogP contribution in [0.5, 0.6) is 0 Å². The molecule has 1 heterocycles. The lowest BCUT2D eigenvalue weighted by molar-refractivity contribution is -0.148. The van der Waals surface area contributed by atoms with Gasteiger partial charge in [0.25, 0.3) is 0 Å². The van der Waals surface area contributed by atoms with E-state index in [0.717, 1.165) is 5.56 Å². The smallest absolute Gasteiger partial charge is 0.238 e. The van der Waals surface area contributed by atoms with Gasteiger partial charge >= 0.3 is 0 Å². The molecule has 1 fully saturated rings. The van der Waals surface area contributed by atoms with Crippen molar-refractivity contribution < 1.29 is 21.6 Å². The predicted octanol–water partition coefficient (Wildman–Crippen LogP) is 0.651. The number of benzene rings is 1. The molecule has 9 heteroatoms. The summed E-state index contributed by atoms with van der Waals surface area (Å²) in [5.41, 5.74) is 0.955. The zero-order valence-electron chi connectivity index (χ0n) is 14.7. The fraction of sp³-hybridized carbons (Fsp3) is 0.562. The molecule has 0 radical (unpaired) electrons. The van der Waals surface area contributed by atoms with Crippen LogP contribution in [0.2, 0.25) is 0 Å². The highest BCUT2D eigenvalue weighted by Crippen LogP contribution is 2.20. The highest BCUT2D eigenvalue weighted by atomic mass is 32.2. The van der Waals surface area contributed by atoms with Crippen molar-refractivity contribution in [1.82, 2.24) is 10.0 Å². The zero-order chi connectivity index (χ0) is 18.8. The third kappa shape index (κ3) is 5.02. The fourth-order valence-corrected chi connectivity index (χ4v) is 5.84. The number of sulfone groups is 2. The SMILES string of the molecule is Cc1ccc(S(=O)(=O)CCC(=O)N([C@H]2CCS(=O)(=O)C2)N(C)C)cc1. The van der Waals surface area contributed by atoms with Crippen molar-refractivity contribution >= 4 is 25.6 Å². The molecule has 7 nitrogen and oxygen atoms in total. The van der Waals surface area contributed by atoms with Gasteiger partial charge in [0.05, 0.1) is 28.2 Å². The van der Waals surface area contributed by atoms with Crippen molar-refractivity contribution in [1.29, 1.82) is 0 Å². The van der Waals surface area contributed by atoms with Gasteiger partial charge in [-0.05, 0) is 25.5 Å². The highest BCUT2D eigenvalue weighted by molar-refractivity contribution is 7.91. The number of hydrazine groups is 1. The van der Waals surface area contributed by atoms with Gasteiger partial charge in [-0.15, -0.1) is 0 Å². The van der Waals surface area contributed by atoms with Crippen molar-refractivity contribution in [3.63, 3.8) is 0 Å². The quantitative estimate of drug-likeness (QED) is 0.665. The fourth-order valence-electron chi connectivity index (χ4n) is 2.92. The first-order valence-electron chi connectivity index (χ1n) is 8.01. The molecule has 1 aliphatic rings. The Morgan fingerprint density at radius 3 is 2.28 bits per heavy atom. The van der Waals surface area contributed by atoms with E-state index in [1.807, 2.05) is 6.92 Å². The van der Waals surface area contributed by atoms with Crippen LogP contribution in [0.4, 0.5) is 0 Å². The summed E-state index contributed by atoms with van der Waals surface area (Å²) in [4.78, 5) is 12.7. The van der Waals surface area contributed by atoms with Crippen molar-refractivity contribution in [2.45, 2.75) is 30.7 Å². The van der Waals surface area contributed by atoms with E-state index < -0.39 is 25.7 Å². The van der Waals surface area contributed by atoms with Gasteiger partial charge in [-0.25, -0.2) is 21.8 Å². The molecule has 1 saturated heterocycles. The van der Waals surface area contributed by atoms with E-state index >= 15 is 0 Å². The van der Waals surface area contributed by atoms with E-state index in [2.05, 4.69) is 0 Å². The van der Waals surface area contributed by atoms with Gasteiger partial charge in [0.2, 0.25) is 5.91 Å². The molecule has 0 aliphatic carbocycles. The summed E-state index contributed by atoms with van der Waals surface area (Å²) in [5, 5.41) is 2.90. The molecule has 2 rings (SSSR count). The summed E-state index contributed by atoms with van der Waals surface area (Å²) in [5.74, 6) is -0.722. The van der Waals surface area contributed by atoms with Crippen LogP contribution in [0, 0.1) is 6.92 Å². The van der Waals surface area contributed by atoms with E-state index in [4.69, 9.17) is 0 Å². The van der Waals surface area contributed by atoms with Crippen LogP contribution in [-0.2, 0) is 24.5 Å². The Morgan fingerprint density at radius 1 is 1.20 bits per heavy atom. The monoisotopic (exact) mass is 388 g/mol. The van der Waals surface area contributed by atoms with Gasteiger partial charge in [-0.2, -0.15) is 0 Å². The number of carbonyl (C=O) groups excluding carboxylic acids is 1. The molecule has 0 spiro atoms. The summed E-state index contributed by atoms with van der Waals surface area (Å²) < 4.78 is 48.1. The third-order valence-electron chi connectivity index (χ3n) is 4.21. The van der Waals surface area contributed by atoms with Crippen LogP contribution < -0.4 is 0 Å². The van der Waals surface area contributed by atoms with Crippen LogP contribution in [0.1, 0.15) is 18.4 Å². The van der Waals surface area contributed by atoms with Crippen LogP contribution >= 0.6 is 0 Å². The first-order chi connectivity index (χ1) is 11.5. The lowest BCUT2D eigenvalue weighted by Gasteiger charge is -2.33. The van der Waals surface area contributed by atoms with Crippen molar-refractivity contribution in [3.05, 3.63) is 29.8 Å². The van der Waals surface area contributed by atoms with Gasteiger partial charge in [-0.1, -0.05) is 17.7 Å². The second-order valence-corrected chi connectivity index (χ2v) is 10.9. The van der Waals surface area contributed by atoms with E-state index in [0.29, 0.717) is 6.42 Å². The van der Waals surface area contributed by atoms with Gasteiger partial charge in [0.15, 0.2) is 19.7 Å². The molecule has 1 aliphatic heterocycles. The number of rotatable bonds is 6. The third-order valence-corrected chi connectivity index (χ3v) is 7.69. The van der Waals surface area contributed by atoms with Crippen molar-refractivity contribution in [3.8, 4) is 0 Å². The standard InChI is InChI=1S/C16H24N2O5S2/c1-13-4-6-15(7-5-13)25(22,23)11-9-16(19)18(17(2)3)14-8-10-24(20,21)12-14/h4-7,14H,8-12H2,1-3H3/t14-/m0/s1. The maximum atomic E-state index is 12.5. The molecule has 1 aromatic rings. The van der Waals surface area contributed by atoms with Crippen LogP contribution in [0.25, 0.3) is 0 Å². The zero-order valence-corrected chi connectivity index (χ0v) is 16.3. The largest absolute Gasteiger partial charge is 0.273 e. The Morgan fingerprint density at radius 2 is 1.80 bits per heavy atom. The first-order valence-corrected chi connectivity index (χ1v) is 11.5. The number of aryl methyl sites for hydroxylation is 1. The summed E-state index contributed by atoms with van der Waals surface area (Å²) in [6.07, 6.45) is 0.182. The molecule has 0 saturated carbocycles. The van der Waals surface area contributed by atoms with Crippen LogP contribution in [0.15, 0.2) is 29.2 Å². The molecule has 0 aromatic heterocycles. The minimum atomic E-state index is -3.56. The number of hydrogen-bond donors (Lipinski definition) is 0. The molecular formula is C16H24N2O5S2. The van der Waals surface area contributed by atoms with E-state index in [9.17, 15) is 21.6 Å². The Bertz CT molecular complexity index is 830. The average molecular weight is 389 g/mol. The lowest BCUT2D eigenvalue weighted by atomic mass is 10.2. The van der Waals surface area contributed by atoms with Crippen LogP contribution in [0.3, 0.4) is 0 Å². The number of hydrogen-bond acceptors (Lipinski definition) is 6. The first kappa shape index (κ1) is 19.9. The Balaban J connectivity index is 2.07. The van der Waals surface area contributed by atoms with E-state index in [1.165, 1.54) is 22.2 Å².